The van der Waals surface area contributed by atoms with Crippen molar-refractivity contribution < 1.29 is 43.6 Å². The molecule has 0 fully saturated rings. The standard InChI is InChI=1S/C24H40O4.C12H20O2.C9H20O.C3H2O2/c1-3-5-7-9-11-13-17-21-27-23(25)19-15-16-20-24(26)28-22-18-14-12-10-8-6-4-2;1-3-5-6-7-8-9-10-11-14-12(13)4-2;1-2-3-4-5-6-7-8-9-10;1-2-3(4)5/h15,19H,3-14,17-18,21-22H2,1-2H3;2H,3,5-11H2,1H3;10H,2-9H2,1H3;1H,(H,4,5)/b19-15+;;;. The highest BCUT2D eigenvalue weighted by Crippen LogP contribution is 2.09. The average molecular weight is 803 g/mol. The fraction of sp³-hybridized carbons (Fsp3) is 0.750. The lowest BCUT2D eigenvalue weighted by Gasteiger charge is -2.02. The van der Waals surface area contributed by atoms with Crippen LogP contribution in [-0.4, -0.2) is 60.5 Å². The van der Waals surface area contributed by atoms with E-state index in [9.17, 15) is 14.4 Å². The highest BCUT2D eigenvalue weighted by atomic mass is 16.5. The molecule has 328 valence electrons. The summed E-state index contributed by atoms with van der Waals surface area (Å²) in [5.74, 6) is 5.50. The molecule has 0 atom stereocenters. The van der Waals surface area contributed by atoms with Crippen molar-refractivity contribution in [3.63, 3.8) is 0 Å². The molecule has 0 amide bonds. The molecule has 0 rings (SSSR count). The third-order valence-corrected chi connectivity index (χ3v) is 8.43. The van der Waals surface area contributed by atoms with Crippen molar-refractivity contribution in [3.05, 3.63) is 12.2 Å². The van der Waals surface area contributed by atoms with Gasteiger partial charge in [-0.15, -0.1) is 12.8 Å². The zero-order valence-corrected chi connectivity index (χ0v) is 36.7. The lowest BCUT2D eigenvalue weighted by atomic mass is 10.1. The molecular formula is C48H82O9. The number of allylic oxidation sites excluding steroid dienone is 1. The van der Waals surface area contributed by atoms with E-state index in [1.54, 1.807) is 0 Å². The first-order chi connectivity index (χ1) is 27.7. The minimum Gasteiger partial charge on any atom is -0.472 e. The normalized spacial score (nSPS) is 9.74. The monoisotopic (exact) mass is 803 g/mol. The number of esters is 3. The number of carboxylic acids is 1. The van der Waals surface area contributed by atoms with Gasteiger partial charge in [-0.25, -0.2) is 19.2 Å². The van der Waals surface area contributed by atoms with E-state index < -0.39 is 23.9 Å². The SMILES string of the molecule is C#CC(=O)O.C#CC(=O)OCCCCCCCCC.CCCCCCCCCO.CCCCCCCCCOC(=O)C#C/C=C/C(=O)OCCCCCCCCC. The molecule has 0 aromatic heterocycles. The van der Waals surface area contributed by atoms with Crippen LogP contribution in [0.5, 0.6) is 0 Å². The van der Waals surface area contributed by atoms with Gasteiger partial charge in [0.15, 0.2) is 0 Å². The Bertz CT molecular complexity index is 1060. The van der Waals surface area contributed by atoms with Crippen LogP contribution in [0, 0.1) is 36.5 Å². The van der Waals surface area contributed by atoms with Gasteiger partial charge in [-0.3, -0.25) is 0 Å². The van der Waals surface area contributed by atoms with Gasteiger partial charge in [0, 0.05) is 30.4 Å². The third kappa shape index (κ3) is 67.4. The first-order valence-corrected chi connectivity index (χ1v) is 22.2. The molecule has 2 N–H and O–H groups in total. The largest absolute Gasteiger partial charge is 0.472 e. The van der Waals surface area contributed by atoms with E-state index in [1.807, 2.05) is 5.92 Å². The van der Waals surface area contributed by atoms with Crippen molar-refractivity contribution >= 4 is 23.9 Å². The molecule has 57 heavy (non-hydrogen) atoms. The molecule has 9 nitrogen and oxygen atoms in total. The number of hydrogen-bond acceptors (Lipinski definition) is 8. The molecule has 0 saturated carbocycles. The quantitative estimate of drug-likeness (QED) is 0.0170. The predicted molar refractivity (Wildman–Crippen MR) is 234 cm³/mol. The summed E-state index contributed by atoms with van der Waals surface area (Å²) < 4.78 is 14.9. The summed E-state index contributed by atoms with van der Waals surface area (Å²) in [5, 5.41) is 16.0. The molecule has 0 aromatic rings. The molecule has 9 heteroatoms. The highest BCUT2D eigenvalue weighted by molar-refractivity contribution is 5.89. The Labute approximate surface area is 349 Å². The second kappa shape index (κ2) is 56.6. The molecule has 0 aliphatic rings. The molecular weight excluding hydrogens is 721 g/mol. The Hall–Kier alpha value is -3.74. The maximum atomic E-state index is 11.5. The van der Waals surface area contributed by atoms with Gasteiger partial charge < -0.3 is 24.4 Å². The number of aliphatic hydroxyl groups is 1. The lowest BCUT2D eigenvalue weighted by molar-refractivity contribution is -0.138. The van der Waals surface area contributed by atoms with Gasteiger partial charge in [-0.2, -0.15) is 0 Å². The second-order valence-electron chi connectivity index (χ2n) is 13.8. The first-order valence-electron chi connectivity index (χ1n) is 22.2. The van der Waals surface area contributed by atoms with Crippen LogP contribution in [0.2, 0.25) is 0 Å². The van der Waals surface area contributed by atoms with E-state index in [4.69, 9.17) is 35.6 Å². The number of carbonyl (C=O) groups excluding carboxylic acids is 3. The number of rotatable bonds is 32. The molecule has 0 spiro atoms. The number of aliphatic carboxylic acids is 1. The van der Waals surface area contributed by atoms with E-state index >= 15 is 0 Å². The summed E-state index contributed by atoms with van der Waals surface area (Å²) in [6, 6.07) is 0. The van der Waals surface area contributed by atoms with Gasteiger partial charge in [0.1, 0.15) is 0 Å². The number of terminal acetylenes is 2. The Morgan fingerprint density at radius 3 is 1.12 bits per heavy atom. The van der Waals surface area contributed by atoms with Crippen LogP contribution in [0.25, 0.3) is 0 Å². The topological polar surface area (TPSA) is 136 Å². The molecule has 0 heterocycles. The summed E-state index contributed by atoms with van der Waals surface area (Å²) in [6.45, 7) is 10.5. The molecule has 0 aromatic carbocycles. The van der Waals surface area contributed by atoms with E-state index in [1.165, 1.54) is 153 Å². The predicted octanol–water partition coefficient (Wildman–Crippen LogP) is 11.5. The van der Waals surface area contributed by atoms with Crippen LogP contribution in [0.3, 0.4) is 0 Å². The Morgan fingerprint density at radius 2 is 0.789 bits per heavy atom. The molecule has 0 radical (unpaired) electrons. The molecule has 0 unspecified atom stereocenters. The van der Waals surface area contributed by atoms with Crippen LogP contribution in [0.4, 0.5) is 0 Å². The van der Waals surface area contributed by atoms with Gasteiger partial charge in [0.25, 0.3) is 0 Å². The van der Waals surface area contributed by atoms with Crippen LogP contribution < -0.4 is 0 Å². The van der Waals surface area contributed by atoms with Crippen molar-refractivity contribution in [2.45, 2.75) is 207 Å². The van der Waals surface area contributed by atoms with Crippen molar-refractivity contribution in [3.8, 4) is 36.5 Å². The van der Waals surface area contributed by atoms with Crippen LogP contribution >= 0.6 is 0 Å². The minimum atomic E-state index is -1.22. The highest BCUT2D eigenvalue weighted by Gasteiger charge is 1.99. The molecule has 0 aliphatic heterocycles. The lowest BCUT2D eigenvalue weighted by Crippen LogP contribution is -2.03. The third-order valence-electron chi connectivity index (χ3n) is 8.43. The number of hydrogen-bond donors (Lipinski definition) is 2. The van der Waals surface area contributed by atoms with Crippen molar-refractivity contribution in [2.24, 2.45) is 0 Å². The number of carboxylic acid groups (broad SMARTS) is 1. The van der Waals surface area contributed by atoms with E-state index in [0.717, 1.165) is 44.9 Å². The number of unbranched alkanes of at least 4 members (excludes halogenated alkanes) is 24. The fourth-order valence-electron chi connectivity index (χ4n) is 5.09. The summed E-state index contributed by atoms with van der Waals surface area (Å²) in [6.07, 6.45) is 45.7. The van der Waals surface area contributed by atoms with Crippen molar-refractivity contribution in [2.75, 3.05) is 26.4 Å². The van der Waals surface area contributed by atoms with Crippen molar-refractivity contribution in [1.29, 1.82) is 0 Å². The number of ether oxygens (including phenoxy) is 3. The van der Waals surface area contributed by atoms with E-state index in [0.29, 0.717) is 26.4 Å². The summed E-state index contributed by atoms with van der Waals surface area (Å²) >= 11 is 0. The van der Waals surface area contributed by atoms with E-state index in [-0.39, 0.29) is 0 Å². The minimum absolute atomic E-state index is 0.369. The van der Waals surface area contributed by atoms with Crippen LogP contribution in [0.15, 0.2) is 12.2 Å². The number of carbonyl (C=O) groups is 4. The number of aliphatic hydroxyl groups excluding tert-OH is 1. The smallest absolute Gasteiger partial charge is 0.384 e. The second-order valence-corrected chi connectivity index (χ2v) is 13.8. The van der Waals surface area contributed by atoms with Crippen LogP contribution in [-0.2, 0) is 33.4 Å². The van der Waals surface area contributed by atoms with Crippen LogP contribution in [0.1, 0.15) is 207 Å². The van der Waals surface area contributed by atoms with Gasteiger partial charge >= 0.3 is 23.9 Å². The average Bonchev–Trinajstić information content (AvgIpc) is 3.21. The Kier molecular flexibility index (Phi) is 59.5. The zero-order chi connectivity index (χ0) is 43.3. The maximum absolute atomic E-state index is 11.5. The zero-order valence-electron chi connectivity index (χ0n) is 36.7. The molecule has 0 saturated heterocycles. The molecule has 0 aliphatic carbocycles. The molecule has 0 bridgehead atoms. The van der Waals surface area contributed by atoms with Crippen molar-refractivity contribution in [1.82, 2.24) is 0 Å². The van der Waals surface area contributed by atoms with E-state index in [2.05, 4.69) is 46.0 Å². The van der Waals surface area contributed by atoms with Gasteiger partial charge in [0.2, 0.25) is 0 Å². The van der Waals surface area contributed by atoms with Gasteiger partial charge in [-0.1, -0.05) is 188 Å². The van der Waals surface area contributed by atoms with Gasteiger partial charge in [-0.05, 0) is 31.8 Å². The first kappa shape index (κ1) is 59.9. The van der Waals surface area contributed by atoms with Gasteiger partial charge in [0.05, 0.1) is 19.8 Å². The Morgan fingerprint density at radius 1 is 0.474 bits per heavy atom. The summed E-state index contributed by atoms with van der Waals surface area (Å²) in [7, 11) is 0. The fourth-order valence-corrected chi connectivity index (χ4v) is 5.09. The maximum Gasteiger partial charge on any atom is 0.384 e. The summed E-state index contributed by atoms with van der Waals surface area (Å²) in [4.78, 5) is 42.6. The summed E-state index contributed by atoms with van der Waals surface area (Å²) in [5.41, 5.74) is 0. The Balaban J connectivity index is -0.000000398.